The number of hydrogen-bond acceptors (Lipinski definition) is 7. The van der Waals surface area contributed by atoms with Crippen LogP contribution < -0.4 is 16.0 Å². The summed E-state index contributed by atoms with van der Waals surface area (Å²) >= 11 is 5.94. The molecule has 0 aromatic carbocycles. The number of carbonyl (C=O) groups is 1. The van der Waals surface area contributed by atoms with Crippen molar-refractivity contribution in [3.63, 3.8) is 0 Å². The summed E-state index contributed by atoms with van der Waals surface area (Å²) in [5.41, 5.74) is 9.15. The molecule has 146 valence electrons. The molecule has 10 heteroatoms. The van der Waals surface area contributed by atoms with E-state index in [2.05, 4.69) is 37.2 Å². The molecular weight excluding hydrogens is 380 g/mol. The minimum Gasteiger partial charge on any atom is -0.381 e. The third-order valence-corrected chi connectivity index (χ3v) is 5.06. The van der Waals surface area contributed by atoms with Gasteiger partial charge in [0, 0.05) is 38.6 Å². The number of pyridine rings is 1. The second kappa shape index (κ2) is 7.25. The van der Waals surface area contributed by atoms with E-state index in [4.69, 9.17) is 17.3 Å². The molecule has 3 aromatic heterocycles. The molecule has 4 heterocycles. The van der Waals surface area contributed by atoms with Crippen LogP contribution in [0.3, 0.4) is 0 Å². The fraction of sp³-hybridized carbons (Fsp3) is 0.333. The van der Waals surface area contributed by atoms with Gasteiger partial charge in [0.1, 0.15) is 5.56 Å². The number of piperazine rings is 1. The largest absolute Gasteiger partial charge is 0.381 e. The highest BCUT2D eigenvalue weighted by Crippen LogP contribution is 2.30. The number of likely N-dealkylation sites (N-methyl/N-ethyl adjacent to an activating group) is 1. The maximum absolute atomic E-state index is 13.0. The molecule has 1 saturated heterocycles. The van der Waals surface area contributed by atoms with Crippen molar-refractivity contribution in [2.24, 2.45) is 0 Å². The molecule has 0 saturated carbocycles. The number of nitrogens with two attached hydrogens (primary N) is 1. The zero-order valence-electron chi connectivity index (χ0n) is 15.7. The van der Waals surface area contributed by atoms with E-state index in [0.29, 0.717) is 16.4 Å². The summed E-state index contributed by atoms with van der Waals surface area (Å²) in [5, 5.41) is 7.48. The molecule has 0 atom stereocenters. The lowest BCUT2D eigenvalue weighted by molar-refractivity contribution is 0.102. The minimum absolute atomic E-state index is 0.0917. The Bertz CT molecular complexity index is 1040. The van der Waals surface area contributed by atoms with Crippen molar-refractivity contribution in [3.05, 3.63) is 40.9 Å². The number of hydrogen-bond donors (Lipinski definition) is 2. The first-order valence-electron chi connectivity index (χ1n) is 8.93. The van der Waals surface area contributed by atoms with Crippen LogP contribution in [0.25, 0.3) is 5.65 Å². The molecule has 4 rings (SSSR count). The summed E-state index contributed by atoms with van der Waals surface area (Å²) in [4.78, 5) is 26.0. The van der Waals surface area contributed by atoms with Gasteiger partial charge in [-0.2, -0.15) is 0 Å². The lowest BCUT2D eigenvalue weighted by Crippen LogP contribution is -2.45. The first-order valence-corrected chi connectivity index (χ1v) is 9.30. The summed E-state index contributed by atoms with van der Waals surface area (Å²) < 4.78 is 1.41. The standard InChI is InChI=1S/C18H21ClN8O/c1-11-7-21-9-13(15(11)26-5-3-25(2)4-6-26)23-18(28)14-16(20)24-27-10-12(19)8-22-17(14)27/h7-10H,3-6H2,1-2H3,(H2,20,24)(H,23,28). The lowest BCUT2D eigenvalue weighted by Gasteiger charge is -2.35. The van der Waals surface area contributed by atoms with E-state index in [1.165, 1.54) is 10.7 Å². The molecule has 28 heavy (non-hydrogen) atoms. The van der Waals surface area contributed by atoms with Gasteiger partial charge in [0.25, 0.3) is 5.91 Å². The van der Waals surface area contributed by atoms with Gasteiger partial charge in [-0.05, 0) is 19.5 Å². The van der Waals surface area contributed by atoms with E-state index in [1.807, 2.05) is 6.92 Å². The first-order chi connectivity index (χ1) is 13.4. The van der Waals surface area contributed by atoms with E-state index < -0.39 is 0 Å². The number of nitrogens with one attached hydrogen (secondary N) is 1. The molecule has 9 nitrogen and oxygen atoms in total. The van der Waals surface area contributed by atoms with Crippen LogP contribution in [-0.4, -0.2) is 63.6 Å². The molecular formula is C18H21ClN8O. The second-order valence-corrected chi connectivity index (χ2v) is 7.33. The van der Waals surface area contributed by atoms with Gasteiger partial charge in [-0.25, -0.2) is 9.50 Å². The topological polar surface area (TPSA) is 105 Å². The quantitative estimate of drug-likeness (QED) is 0.689. The van der Waals surface area contributed by atoms with Gasteiger partial charge in [-0.3, -0.25) is 9.78 Å². The van der Waals surface area contributed by atoms with Crippen molar-refractivity contribution in [2.45, 2.75) is 6.92 Å². The molecule has 3 aromatic rings. The number of carbonyl (C=O) groups excluding carboxylic acids is 1. The van der Waals surface area contributed by atoms with Crippen LogP contribution in [0.15, 0.2) is 24.8 Å². The zero-order chi connectivity index (χ0) is 19.8. The first kappa shape index (κ1) is 18.5. The molecule has 1 fully saturated rings. The van der Waals surface area contributed by atoms with Gasteiger partial charge in [0.2, 0.25) is 0 Å². The van der Waals surface area contributed by atoms with Crippen molar-refractivity contribution in [1.82, 2.24) is 24.5 Å². The van der Waals surface area contributed by atoms with E-state index in [0.717, 1.165) is 37.4 Å². The third kappa shape index (κ3) is 3.34. The fourth-order valence-electron chi connectivity index (χ4n) is 3.43. The monoisotopic (exact) mass is 400 g/mol. The smallest absolute Gasteiger partial charge is 0.263 e. The third-order valence-electron chi connectivity index (χ3n) is 4.86. The van der Waals surface area contributed by atoms with Crippen molar-refractivity contribution in [3.8, 4) is 0 Å². The molecule has 3 N–H and O–H groups in total. The number of aryl methyl sites for hydroxylation is 1. The van der Waals surface area contributed by atoms with Gasteiger partial charge in [-0.15, -0.1) is 5.10 Å². The number of halogens is 1. The van der Waals surface area contributed by atoms with E-state index >= 15 is 0 Å². The van der Waals surface area contributed by atoms with E-state index in [1.54, 1.807) is 18.6 Å². The summed E-state index contributed by atoms with van der Waals surface area (Å²) in [6.45, 7) is 5.66. The van der Waals surface area contributed by atoms with Crippen LogP contribution in [0.1, 0.15) is 15.9 Å². The van der Waals surface area contributed by atoms with Crippen molar-refractivity contribution in [2.75, 3.05) is 49.2 Å². The van der Waals surface area contributed by atoms with Crippen LogP contribution in [0.5, 0.6) is 0 Å². The number of aromatic nitrogens is 4. The highest BCUT2D eigenvalue weighted by atomic mass is 35.5. The SMILES string of the molecule is Cc1cncc(NC(=O)c2c(N)nn3cc(Cl)cnc23)c1N1CCN(C)CC1. The summed E-state index contributed by atoms with van der Waals surface area (Å²) in [6, 6.07) is 0. The fourth-order valence-corrected chi connectivity index (χ4v) is 3.57. The Balaban J connectivity index is 1.68. The molecule has 0 bridgehead atoms. The van der Waals surface area contributed by atoms with Crippen LogP contribution in [0.2, 0.25) is 5.02 Å². The van der Waals surface area contributed by atoms with Gasteiger partial charge in [0.15, 0.2) is 11.5 Å². The molecule has 0 radical (unpaired) electrons. The molecule has 0 spiro atoms. The highest BCUT2D eigenvalue weighted by Gasteiger charge is 2.23. The summed E-state index contributed by atoms with van der Waals surface area (Å²) in [7, 11) is 2.10. The number of nitrogen functional groups attached to an aromatic ring is 1. The van der Waals surface area contributed by atoms with Crippen LogP contribution in [-0.2, 0) is 0 Å². The van der Waals surface area contributed by atoms with Gasteiger partial charge in [-0.1, -0.05) is 11.6 Å². The van der Waals surface area contributed by atoms with E-state index in [-0.39, 0.29) is 17.3 Å². The average molecular weight is 401 g/mol. The Morgan fingerprint density at radius 3 is 2.71 bits per heavy atom. The predicted molar refractivity (Wildman–Crippen MR) is 109 cm³/mol. The number of anilines is 3. The predicted octanol–water partition coefficient (Wildman–Crippen LogP) is 1.67. The Labute approximate surface area is 167 Å². The van der Waals surface area contributed by atoms with Crippen molar-refractivity contribution >= 4 is 40.3 Å². The number of rotatable bonds is 3. The Hall–Kier alpha value is -2.91. The number of nitrogens with zero attached hydrogens (tertiary/aromatic N) is 6. The van der Waals surface area contributed by atoms with Crippen LogP contribution >= 0.6 is 11.6 Å². The summed E-state index contributed by atoms with van der Waals surface area (Å²) in [5.74, 6) is -0.292. The Kier molecular flexibility index (Phi) is 4.78. The van der Waals surface area contributed by atoms with Gasteiger partial charge in [0.05, 0.1) is 28.8 Å². The number of fused-ring (bicyclic) bond motifs is 1. The van der Waals surface area contributed by atoms with Crippen LogP contribution in [0, 0.1) is 6.92 Å². The van der Waals surface area contributed by atoms with Gasteiger partial charge >= 0.3 is 0 Å². The number of amides is 1. The molecule has 1 amide bonds. The van der Waals surface area contributed by atoms with E-state index in [9.17, 15) is 4.79 Å². The minimum atomic E-state index is -0.384. The molecule has 0 aliphatic carbocycles. The zero-order valence-corrected chi connectivity index (χ0v) is 16.4. The lowest BCUT2D eigenvalue weighted by atomic mass is 10.1. The molecule has 1 aliphatic rings. The highest BCUT2D eigenvalue weighted by molar-refractivity contribution is 6.30. The maximum atomic E-state index is 13.0. The Morgan fingerprint density at radius 2 is 1.96 bits per heavy atom. The average Bonchev–Trinajstić information content (AvgIpc) is 2.98. The molecule has 1 aliphatic heterocycles. The molecule has 0 unspecified atom stereocenters. The van der Waals surface area contributed by atoms with Crippen molar-refractivity contribution < 1.29 is 4.79 Å². The Morgan fingerprint density at radius 1 is 1.21 bits per heavy atom. The maximum Gasteiger partial charge on any atom is 0.263 e. The van der Waals surface area contributed by atoms with Crippen LogP contribution in [0.4, 0.5) is 17.2 Å². The second-order valence-electron chi connectivity index (χ2n) is 6.90. The van der Waals surface area contributed by atoms with Crippen molar-refractivity contribution in [1.29, 1.82) is 0 Å². The summed E-state index contributed by atoms with van der Waals surface area (Å²) in [6.07, 6.45) is 6.47. The van der Waals surface area contributed by atoms with Gasteiger partial charge < -0.3 is 20.9 Å². The normalized spacial score (nSPS) is 15.2.